The van der Waals surface area contributed by atoms with Crippen molar-refractivity contribution >= 4 is 32.3 Å². The molecule has 2 aromatic heterocycles. The molecule has 0 saturated carbocycles. The lowest BCUT2D eigenvalue weighted by atomic mass is 10.2. The number of hydrogen-bond acceptors (Lipinski definition) is 4. The zero-order valence-corrected chi connectivity index (χ0v) is 14.7. The highest BCUT2D eigenvalue weighted by Gasteiger charge is 2.26. The van der Waals surface area contributed by atoms with E-state index in [1.807, 2.05) is 43.5 Å². The van der Waals surface area contributed by atoms with Gasteiger partial charge in [0.25, 0.3) is 0 Å². The SMILES string of the molecule is CCN(Cc1cccs1)S(=O)(=O)c1cccc2cc(C)cnc12. The van der Waals surface area contributed by atoms with Crippen LogP contribution in [0.15, 0.2) is 52.9 Å². The van der Waals surface area contributed by atoms with Crippen LogP contribution in [0.3, 0.4) is 0 Å². The normalized spacial score (nSPS) is 12.1. The van der Waals surface area contributed by atoms with E-state index in [-0.39, 0.29) is 4.90 Å². The standard InChI is InChI=1S/C17H18N2O2S2/c1-3-19(12-15-7-5-9-22-15)23(20,21)16-8-4-6-14-10-13(2)11-18-17(14)16/h4-11H,3,12H2,1-2H3. The second-order valence-corrected chi connectivity index (χ2v) is 8.29. The van der Waals surface area contributed by atoms with Crippen LogP contribution in [0.25, 0.3) is 10.9 Å². The summed E-state index contributed by atoms with van der Waals surface area (Å²) in [5.74, 6) is 0. The molecule has 1 aromatic carbocycles. The van der Waals surface area contributed by atoms with E-state index in [9.17, 15) is 8.42 Å². The predicted molar refractivity (Wildman–Crippen MR) is 94.1 cm³/mol. The smallest absolute Gasteiger partial charge is 0.245 e. The van der Waals surface area contributed by atoms with Gasteiger partial charge >= 0.3 is 0 Å². The van der Waals surface area contributed by atoms with Crippen LogP contribution >= 0.6 is 11.3 Å². The highest BCUT2D eigenvalue weighted by molar-refractivity contribution is 7.89. The molecule has 0 radical (unpaired) electrons. The summed E-state index contributed by atoms with van der Waals surface area (Å²) in [6, 6.07) is 11.1. The first-order chi connectivity index (χ1) is 11.0. The lowest BCUT2D eigenvalue weighted by Crippen LogP contribution is -2.30. The van der Waals surface area contributed by atoms with Gasteiger partial charge < -0.3 is 0 Å². The summed E-state index contributed by atoms with van der Waals surface area (Å²) in [6.45, 7) is 4.61. The third-order valence-electron chi connectivity index (χ3n) is 3.69. The highest BCUT2D eigenvalue weighted by Crippen LogP contribution is 2.26. The molecule has 23 heavy (non-hydrogen) atoms. The van der Waals surface area contributed by atoms with Crippen molar-refractivity contribution in [1.29, 1.82) is 0 Å². The van der Waals surface area contributed by atoms with Crippen molar-refractivity contribution in [3.63, 3.8) is 0 Å². The summed E-state index contributed by atoms with van der Waals surface area (Å²) in [7, 11) is -3.59. The van der Waals surface area contributed by atoms with Gasteiger partial charge in [0.15, 0.2) is 0 Å². The summed E-state index contributed by atoms with van der Waals surface area (Å²) < 4.78 is 27.7. The van der Waals surface area contributed by atoms with Gasteiger partial charge in [-0.3, -0.25) is 4.98 Å². The van der Waals surface area contributed by atoms with Gasteiger partial charge in [-0.2, -0.15) is 4.31 Å². The van der Waals surface area contributed by atoms with E-state index in [0.717, 1.165) is 15.8 Å². The minimum absolute atomic E-state index is 0.272. The van der Waals surface area contributed by atoms with Crippen molar-refractivity contribution < 1.29 is 8.42 Å². The van der Waals surface area contributed by atoms with Crippen LogP contribution in [0.2, 0.25) is 0 Å². The zero-order chi connectivity index (χ0) is 16.4. The molecule has 0 saturated heterocycles. The van der Waals surface area contributed by atoms with E-state index in [0.29, 0.717) is 18.6 Å². The molecular weight excluding hydrogens is 328 g/mol. The van der Waals surface area contributed by atoms with E-state index in [1.165, 1.54) is 4.31 Å². The van der Waals surface area contributed by atoms with Crippen molar-refractivity contribution in [3.05, 3.63) is 58.4 Å². The van der Waals surface area contributed by atoms with Crippen molar-refractivity contribution in [3.8, 4) is 0 Å². The molecule has 0 aliphatic carbocycles. The molecule has 0 unspecified atom stereocenters. The van der Waals surface area contributed by atoms with E-state index in [4.69, 9.17) is 0 Å². The van der Waals surface area contributed by atoms with Gasteiger partial charge in [0, 0.05) is 29.5 Å². The summed E-state index contributed by atoms with van der Waals surface area (Å²) in [6.07, 6.45) is 1.71. The number of para-hydroxylation sites is 1. The number of aromatic nitrogens is 1. The number of pyridine rings is 1. The Morgan fingerprint density at radius 3 is 2.74 bits per heavy atom. The van der Waals surface area contributed by atoms with Crippen molar-refractivity contribution in [2.75, 3.05) is 6.54 Å². The number of fused-ring (bicyclic) bond motifs is 1. The van der Waals surface area contributed by atoms with Crippen LogP contribution in [0.4, 0.5) is 0 Å². The number of sulfonamides is 1. The van der Waals surface area contributed by atoms with E-state index >= 15 is 0 Å². The average molecular weight is 346 g/mol. The minimum atomic E-state index is -3.59. The fourth-order valence-corrected chi connectivity index (χ4v) is 4.93. The summed E-state index contributed by atoms with van der Waals surface area (Å²) in [4.78, 5) is 5.66. The monoisotopic (exact) mass is 346 g/mol. The Balaban J connectivity index is 2.08. The molecule has 0 bridgehead atoms. The number of aryl methyl sites for hydroxylation is 1. The number of benzene rings is 1. The minimum Gasteiger partial charge on any atom is -0.255 e. The summed E-state index contributed by atoms with van der Waals surface area (Å²) in [5, 5.41) is 2.80. The Kier molecular flexibility index (Phi) is 4.48. The molecule has 2 heterocycles. The van der Waals surface area contributed by atoms with Crippen LogP contribution in [-0.2, 0) is 16.6 Å². The molecule has 3 rings (SSSR count). The fourth-order valence-electron chi connectivity index (χ4n) is 2.53. The van der Waals surface area contributed by atoms with Gasteiger partial charge in [-0.25, -0.2) is 8.42 Å². The summed E-state index contributed by atoms with van der Waals surface area (Å²) >= 11 is 1.56. The lowest BCUT2D eigenvalue weighted by molar-refractivity contribution is 0.427. The topological polar surface area (TPSA) is 50.3 Å². The van der Waals surface area contributed by atoms with Crippen molar-refractivity contribution in [1.82, 2.24) is 9.29 Å². The van der Waals surface area contributed by atoms with Crippen LogP contribution in [0.1, 0.15) is 17.4 Å². The second kappa shape index (κ2) is 6.39. The Labute approximate surface area is 140 Å². The number of hydrogen-bond donors (Lipinski definition) is 0. The third-order valence-corrected chi connectivity index (χ3v) is 6.51. The Hall–Kier alpha value is -1.76. The lowest BCUT2D eigenvalue weighted by Gasteiger charge is -2.20. The summed E-state index contributed by atoms with van der Waals surface area (Å²) in [5.41, 5.74) is 1.54. The number of nitrogens with zero attached hydrogens (tertiary/aromatic N) is 2. The van der Waals surface area contributed by atoms with Crippen molar-refractivity contribution in [2.45, 2.75) is 25.3 Å². The maximum Gasteiger partial charge on any atom is 0.245 e. The Morgan fingerprint density at radius 1 is 1.22 bits per heavy atom. The first kappa shape index (κ1) is 16.1. The molecule has 4 nitrogen and oxygen atoms in total. The largest absolute Gasteiger partial charge is 0.255 e. The molecule has 0 N–H and O–H groups in total. The molecule has 120 valence electrons. The molecule has 0 atom stereocenters. The van der Waals surface area contributed by atoms with Gasteiger partial charge in [-0.05, 0) is 36.1 Å². The molecular formula is C17H18N2O2S2. The average Bonchev–Trinajstić information content (AvgIpc) is 3.04. The molecule has 0 aliphatic rings. The van der Waals surface area contributed by atoms with Gasteiger partial charge in [0.1, 0.15) is 4.90 Å². The van der Waals surface area contributed by atoms with Crippen LogP contribution in [0, 0.1) is 6.92 Å². The van der Waals surface area contributed by atoms with Crippen LogP contribution in [-0.4, -0.2) is 24.3 Å². The molecule has 3 aromatic rings. The Bertz CT molecular complexity index is 919. The van der Waals surface area contributed by atoms with E-state index < -0.39 is 10.0 Å². The van der Waals surface area contributed by atoms with Crippen LogP contribution in [0.5, 0.6) is 0 Å². The number of rotatable bonds is 5. The van der Waals surface area contributed by atoms with Crippen molar-refractivity contribution in [2.24, 2.45) is 0 Å². The number of thiophene rings is 1. The van der Waals surface area contributed by atoms with Gasteiger partial charge in [-0.15, -0.1) is 11.3 Å². The van der Waals surface area contributed by atoms with E-state index in [1.54, 1.807) is 29.7 Å². The van der Waals surface area contributed by atoms with Crippen LogP contribution < -0.4 is 0 Å². The maximum atomic E-state index is 13.1. The quantitative estimate of drug-likeness (QED) is 0.706. The third kappa shape index (κ3) is 3.15. The molecule has 6 heteroatoms. The first-order valence-corrected chi connectivity index (χ1v) is 9.72. The van der Waals surface area contributed by atoms with Gasteiger partial charge in [0.2, 0.25) is 10.0 Å². The fraction of sp³-hybridized carbons (Fsp3) is 0.235. The van der Waals surface area contributed by atoms with Gasteiger partial charge in [-0.1, -0.05) is 25.1 Å². The second-order valence-electron chi connectivity index (χ2n) is 5.35. The first-order valence-electron chi connectivity index (χ1n) is 7.40. The molecule has 0 aliphatic heterocycles. The maximum absolute atomic E-state index is 13.1. The molecule has 0 amide bonds. The predicted octanol–water partition coefficient (Wildman–Crippen LogP) is 3.82. The highest BCUT2D eigenvalue weighted by atomic mass is 32.2. The van der Waals surface area contributed by atoms with Gasteiger partial charge in [0.05, 0.1) is 5.52 Å². The van der Waals surface area contributed by atoms with E-state index in [2.05, 4.69) is 4.98 Å². The molecule has 0 fully saturated rings. The Morgan fingerprint density at radius 2 is 2.04 bits per heavy atom. The zero-order valence-electron chi connectivity index (χ0n) is 13.1. The molecule has 0 spiro atoms.